The van der Waals surface area contributed by atoms with Crippen molar-refractivity contribution in [2.45, 2.75) is 46.5 Å². The normalized spacial score (nSPS) is 14.6. The van der Waals surface area contributed by atoms with Crippen molar-refractivity contribution >= 4 is 11.3 Å². The lowest BCUT2D eigenvalue weighted by Gasteiger charge is -2.10. The first-order valence-electron chi connectivity index (χ1n) is 4.94. The van der Waals surface area contributed by atoms with Crippen LogP contribution < -0.4 is 0 Å². The van der Waals surface area contributed by atoms with Gasteiger partial charge in [-0.05, 0) is 49.1 Å². The van der Waals surface area contributed by atoms with Crippen molar-refractivity contribution < 1.29 is 0 Å². The van der Waals surface area contributed by atoms with Crippen LogP contribution in [0.5, 0.6) is 0 Å². The van der Waals surface area contributed by atoms with Crippen LogP contribution in [0, 0.1) is 6.92 Å². The Bertz CT molecular complexity index is 235. The summed E-state index contributed by atoms with van der Waals surface area (Å²) >= 11 is 1.92. The van der Waals surface area contributed by atoms with Gasteiger partial charge in [-0.25, -0.2) is 0 Å². The van der Waals surface area contributed by atoms with Gasteiger partial charge < -0.3 is 0 Å². The van der Waals surface area contributed by atoms with Gasteiger partial charge in [-0.15, -0.1) is 11.3 Å². The van der Waals surface area contributed by atoms with Crippen LogP contribution >= 0.6 is 11.3 Å². The van der Waals surface area contributed by atoms with Gasteiger partial charge in [0.15, 0.2) is 0 Å². The third kappa shape index (κ3) is 1.89. The Morgan fingerprint density at radius 2 is 1.83 bits per heavy atom. The van der Waals surface area contributed by atoms with Crippen molar-refractivity contribution in [3.63, 3.8) is 0 Å². The fraction of sp³-hybridized carbons (Fsp3) is 0.636. The first kappa shape index (κ1) is 9.79. The summed E-state index contributed by atoms with van der Waals surface area (Å²) in [6.45, 7) is 6.24. The molecule has 1 aromatic rings. The molecule has 0 amide bonds. The molecule has 0 N–H and O–H groups in total. The van der Waals surface area contributed by atoms with Crippen molar-refractivity contribution in [3.05, 3.63) is 21.4 Å². The Kier molecular flexibility index (Phi) is 3.80. The molecule has 1 aliphatic carbocycles. The largest absolute Gasteiger partial charge is 0.149 e. The van der Waals surface area contributed by atoms with E-state index < -0.39 is 0 Å². The van der Waals surface area contributed by atoms with Crippen molar-refractivity contribution in [3.8, 4) is 0 Å². The minimum atomic E-state index is 1.33. The minimum absolute atomic E-state index is 1.33. The second kappa shape index (κ2) is 4.66. The zero-order valence-electron chi connectivity index (χ0n) is 8.31. The van der Waals surface area contributed by atoms with Crippen LogP contribution in [0.4, 0.5) is 0 Å². The molecule has 1 aromatic heterocycles. The molecule has 0 spiro atoms. The summed E-state index contributed by atoms with van der Waals surface area (Å²) in [5.74, 6) is 0. The average Bonchev–Trinajstić information content (AvgIpc) is 2.53. The highest BCUT2D eigenvalue weighted by Gasteiger charge is 2.11. The maximum absolute atomic E-state index is 2.34. The molecule has 0 bridgehead atoms. The van der Waals surface area contributed by atoms with Crippen LogP contribution in [-0.4, -0.2) is 0 Å². The molecule has 0 aromatic carbocycles. The molecule has 0 saturated heterocycles. The second-order valence-electron chi connectivity index (χ2n) is 3.00. The fourth-order valence-electron chi connectivity index (χ4n) is 1.69. The molecule has 0 atom stereocenters. The highest BCUT2D eigenvalue weighted by molar-refractivity contribution is 7.10. The Labute approximate surface area is 79.6 Å². The lowest BCUT2D eigenvalue weighted by molar-refractivity contribution is 0.687. The molecule has 1 heteroatoms. The maximum Gasteiger partial charge on any atom is 0.00490 e. The number of aryl methyl sites for hydroxylation is 2. The van der Waals surface area contributed by atoms with E-state index in [-0.39, 0.29) is 0 Å². The van der Waals surface area contributed by atoms with Crippen LogP contribution in [0.2, 0.25) is 0 Å². The molecule has 0 unspecified atom stereocenters. The SMILES string of the molecule is CC.Cc1scc2c1CCCC2. The quantitative estimate of drug-likeness (QED) is 0.569. The van der Waals surface area contributed by atoms with Crippen molar-refractivity contribution in [2.75, 3.05) is 0 Å². The summed E-state index contributed by atoms with van der Waals surface area (Å²) < 4.78 is 0. The van der Waals surface area contributed by atoms with Crippen molar-refractivity contribution in [2.24, 2.45) is 0 Å². The predicted molar refractivity (Wildman–Crippen MR) is 57.0 cm³/mol. The van der Waals surface area contributed by atoms with E-state index in [1.54, 1.807) is 16.0 Å². The molecule has 0 nitrogen and oxygen atoms in total. The van der Waals surface area contributed by atoms with Crippen LogP contribution in [-0.2, 0) is 12.8 Å². The Morgan fingerprint density at radius 3 is 2.50 bits per heavy atom. The van der Waals surface area contributed by atoms with Crippen LogP contribution in [0.15, 0.2) is 5.38 Å². The number of rotatable bonds is 0. The summed E-state index contributed by atoms with van der Waals surface area (Å²) in [6, 6.07) is 0. The highest BCUT2D eigenvalue weighted by Crippen LogP contribution is 2.28. The molecular formula is C11H18S. The van der Waals surface area contributed by atoms with Gasteiger partial charge in [0.2, 0.25) is 0 Å². The molecule has 2 rings (SSSR count). The summed E-state index contributed by atoms with van der Waals surface area (Å²) in [5.41, 5.74) is 3.30. The topological polar surface area (TPSA) is 0 Å². The number of hydrogen-bond donors (Lipinski definition) is 0. The molecule has 68 valence electrons. The van der Waals surface area contributed by atoms with Crippen LogP contribution in [0.1, 0.15) is 42.7 Å². The summed E-state index contributed by atoms with van der Waals surface area (Å²) in [6.07, 6.45) is 5.48. The van der Waals surface area contributed by atoms with Gasteiger partial charge in [-0.1, -0.05) is 13.8 Å². The number of hydrogen-bond acceptors (Lipinski definition) is 1. The third-order valence-corrected chi connectivity index (χ3v) is 3.32. The lowest BCUT2D eigenvalue weighted by Crippen LogP contribution is -1.99. The van der Waals surface area contributed by atoms with E-state index in [9.17, 15) is 0 Å². The molecule has 1 heterocycles. The van der Waals surface area contributed by atoms with E-state index in [4.69, 9.17) is 0 Å². The molecule has 0 aliphatic heterocycles. The maximum atomic E-state index is 2.34. The number of thiophene rings is 1. The van der Waals surface area contributed by atoms with E-state index in [2.05, 4.69) is 12.3 Å². The van der Waals surface area contributed by atoms with Gasteiger partial charge in [-0.2, -0.15) is 0 Å². The van der Waals surface area contributed by atoms with E-state index in [1.165, 1.54) is 25.7 Å². The standard InChI is InChI=1S/C9H12S.C2H6/c1-7-9-5-3-2-4-8(9)6-10-7;1-2/h6H,2-5H2,1H3;1-2H3. The zero-order chi connectivity index (χ0) is 8.97. The number of fused-ring (bicyclic) bond motifs is 1. The molecule has 0 fully saturated rings. The van der Waals surface area contributed by atoms with Crippen molar-refractivity contribution in [1.29, 1.82) is 0 Å². The Hall–Kier alpha value is -0.300. The molecule has 12 heavy (non-hydrogen) atoms. The average molecular weight is 182 g/mol. The minimum Gasteiger partial charge on any atom is -0.149 e. The predicted octanol–water partition coefficient (Wildman–Crippen LogP) is 3.96. The monoisotopic (exact) mass is 182 g/mol. The summed E-state index contributed by atoms with van der Waals surface area (Å²) in [4.78, 5) is 1.55. The summed E-state index contributed by atoms with van der Waals surface area (Å²) in [7, 11) is 0. The van der Waals surface area contributed by atoms with E-state index >= 15 is 0 Å². The van der Waals surface area contributed by atoms with Crippen molar-refractivity contribution in [1.82, 2.24) is 0 Å². The Balaban J connectivity index is 0.000000336. The smallest absolute Gasteiger partial charge is 0.00490 e. The fourth-order valence-corrected chi connectivity index (χ4v) is 2.65. The molecular weight excluding hydrogens is 164 g/mol. The van der Waals surface area contributed by atoms with Gasteiger partial charge in [-0.3, -0.25) is 0 Å². The lowest BCUT2D eigenvalue weighted by atomic mass is 9.94. The van der Waals surface area contributed by atoms with Gasteiger partial charge in [0.1, 0.15) is 0 Å². The highest BCUT2D eigenvalue weighted by atomic mass is 32.1. The first-order valence-corrected chi connectivity index (χ1v) is 5.82. The van der Waals surface area contributed by atoms with Gasteiger partial charge in [0.25, 0.3) is 0 Å². The van der Waals surface area contributed by atoms with Gasteiger partial charge in [0.05, 0.1) is 0 Å². The van der Waals surface area contributed by atoms with Crippen LogP contribution in [0.3, 0.4) is 0 Å². The van der Waals surface area contributed by atoms with Gasteiger partial charge in [0, 0.05) is 4.88 Å². The van der Waals surface area contributed by atoms with Gasteiger partial charge >= 0.3 is 0 Å². The van der Waals surface area contributed by atoms with E-state index in [0.717, 1.165) is 0 Å². The van der Waals surface area contributed by atoms with Crippen LogP contribution in [0.25, 0.3) is 0 Å². The first-order chi connectivity index (χ1) is 5.88. The molecule has 0 saturated carbocycles. The second-order valence-corrected chi connectivity index (χ2v) is 4.09. The summed E-state index contributed by atoms with van der Waals surface area (Å²) in [5, 5.41) is 2.34. The van der Waals surface area contributed by atoms with E-state index in [0.29, 0.717) is 0 Å². The third-order valence-electron chi connectivity index (χ3n) is 2.31. The molecule has 0 radical (unpaired) electrons. The van der Waals surface area contributed by atoms with E-state index in [1.807, 2.05) is 25.2 Å². The molecule has 1 aliphatic rings. The zero-order valence-corrected chi connectivity index (χ0v) is 9.13. The Morgan fingerprint density at radius 1 is 1.17 bits per heavy atom.